The summed E-state index contributed by atoms with van der Waals surface area (Å²) in [6.07, 6.45) is 1.56. The van der Waals surface area contributed by atoms with Crippen molar-refractivity contribution in [3.05, 3.63) is 41.0 Å². The first kappa shape index (κ1) is 12.4. The number of aromatic amines is 1. The van der Waals surface area contributed by atoms with Crippen LogP contribution < -0.4 is 10.1 Å². The van der Waals surface area contributed by atoms with Gasteiger partial charge in [-0.3, -0.25) is 9.89 Å². The maximum atomic E-state index is 11.6. The fourth-order valence-electron chi connectivity index (χ4n) is 1.43. The SMILES string of the molecule is Cc1cc(Cl)ccc1OCC(=O)Nc1ccn[nH]1. The fraction of sp³-hybridized carbons (Fsp3) is 0.167. The second-order valence-corrected chi connectivity index (χ2v) is 4.15. The van der Waals surface area contributed by atoms with Gasteiger partial charge in [0.2, 0.25) is 0 Å². The van der Waals surface area contributed by atoms with Crippen LogP contribution in [-0.4, -0.2) is 22.7 Å². The van der Waals surface area contributed by atoms with Crippen LogP contribution in [0.3, 0.4) is 0 Å². The maximum absolute atomic E-state index is 11.6. The van der Waals surface area contributed by atoms with Crippen LogP contribution in [0.25, 0.3) is 0 Å². The van der Waals surface area contributed by atoms with E-state index in [0.717, 1.165) is 5.56 Å². The zero-order valence-electron chi connectivity index (χ0n) is 9.74. The monoisotopic (exact) mass is 265 g/mol. The molecule has 2 rings (SSSR count). The van der Waals surface area contributed by atoms with Crippen molar-refractivity contribution in [3.63, 3.8) is 0 Å². The third-order valence-electron chi connectivity index (χ3n) is 2.27. The van der Waals surface area contributed by atoms with Gasteiger partial charge in [0.15, 0.2) is 6.61 Å². The Bertz CT molecular complexity index is 540. The van der Waals surface area contributed by atoms with Crippen molar-refractivity contribution < 1.29 is 9.53 Å². The van der Waals surface area contributed by atoms with Gasteiger partial charge in [-0.1, -0.05) is 11.6 Å². The number of carbonyl (C=O) groups excluding carboxylic acids is 1. The quantitative estimate of drug-likeness (QED) is 0.892. The molecule has 0 spiro atoms. The summed E-state index contributed by atoms with van der Waals surface area (Å²) in [5, 5.41) is 9.61. The fourth-order valence-corrected chi connectivity index (χ4v) is 1.66. The van der Waals surface area contributed by atoms with Gasteiger partial charge in [-0.15, -0.1) is 0 Å². The van der Waals surface area contributed by atoms with Crippen LogP contribution in [0.15, 0.2) is 30.5 Å². The molecule has 2 aromatic rings. The number of hydrogen-bond acceptors (Lipinski definition) is 3. The van der Waals surface area contributed by atoms with Crippen LogP contribution in [0.1, 0.15) is 5.56 Å². The summed E-state index contributed by atoms with van der Waals surface area (Å²) >= 11 is 5.83. The molecule has 0 aliphatic rings. The number of carbonyl (C=O) groups is 1. The van der Waals surface area contributed by atoms with Crippen molar-refractivity contribution >= 4 is 23.3 Å². The van der Waals surface area contributed by atoms with E-state index >= 15 is 0 Å². The zero-order chi connectivity index (χ0) is 13.0. The molecule has 0 aliphatic carbocycles. The van der Waals surface area contributed by atoms with Crippen LogP contribution in [0.5, 0.6) is 5.75 Å². The van der Waals surface area contributed by atoms with Gasteiger partial charge in [0.05, 0.1) is 6.20 Å². The molecule has 0 saturated heterocycles. The summed E-state index contributed by atoms with van der Waals surface area (Å²) in [7, 11) is 0. The largest absolute Gasteiger partial charge is 0.483 e. The van der Waals surface area contributed by atoms with Crippen LogP contribution >= 0.6 is 11.6 Å². The number of rotatable bonds is 4. The van der Waals surface area contributed by atoms with Crippen molar-refractivity contribution in [2.24, 2.45) is 0 Å². The minimum Gasteiger partial charge on any atom is -0.483 e. The van der Waals surface area contributed by atoms with E-state index in [1.165, 1.54) is 0 Å². The maximum Gasteiger partial charge on any atom is 0.263 e. The molecule has 0 unspecified atom stereocenters. The number of nitrogens with zero attached hydrogens (tertiary/aromatic N) is 1. The molecule has 1 heterocycles. The van der Waals surface area contributed by atoms with Gasteiger partial charge >= 0.3 is 0 Å². The lowest BCUT2D eigenvalue weighted by Gasteiger charge is -2.08. The highest BCUT2D eigenvalue weighted by Crippen LogP contribution is 2.21. The number of hydrogen-bond donors (Lipinski definition) is 2. The molecule has 6 heteroatoms. The van der Waals surface area contributed by atoms with E-state index in [0.29, 0.717) is 16.6 Å². The Kier molecular flexibility index (Phi) is 3.84. The molecule has 1 aromatic heterocycles. The smallest absolute Gasteiger partial charge is 0.263 e. The lowest BCUT2D eigenvalue weighted by molar-refractivity contribution is -0.118. The molecule has 2 N–H and O–H groups in total. The lowest BCUT2D eigenvalue weighted by Crippen LogP contribution is -2.20. The number of aryl methyl sites for hydroxylation is 1. The van der Waals surface area contributed by atoms with E-state index in [-0.39, 0.29) is 12.5 Å². The summed E-state index contributed by atoms with van der Waals surface area (Å²) in [5.74, 6) is 0.921. The van der Waals surface area contributed by atoms with Crippen molar-refractivity contribution in [1.82, 2.24) is 10.2 Å². The number of anilines is 1. The third-order valence-corrected chi connectivity index (χ3v) is 2.51. The molecule has 0 radical (unpaired) electrons. The Labute approximate surface area is 109 Å². The molecule has 0 atom stereocenters. The molecule has 94 valence electrons. The molecule has 0 saturated carbocycles. The Morgan fingerprint density at radius 1 is 1.50 bits per heavy atom. The Hall–Kier alpha value is -2.01. The van der Waals surface area contributed by atoms with E-state index in [4.69, 9.17) is 16.3 Å². The average Bonchev–Trinajstić information content (AvgIpc) is 2.80. The molecular formula is C12H12ClN3O2. The van der Waals surface area contributed by atoms with Gasteiger partial charge < -0.3 is 10.1 Å². The van der Waals surface area contributed by atoms with E-state index in [1.54, 1.807) is 30.5 Å². The molecule has 5 nitrogen and oxygen atoms in total. The van der Waals surface area contributed by atoms with Crippen LogP contribution in [-0.2, 0) is 4.79 Å². The van der Waals surface area contributed by atoms with Crippen molar-refractivity contribution in [1.29, 1.82) is 0 Å². The topological polar surface area (TPSA) is 67.0 Å². The van der Waals surface area contributed by atoms with Crippen molar-refractivity contribution in [3.8, 4) is 5.75 Å². The molecule has 0 aliphatic heterocycles. The highest BCUT2D eigenvalue weighted by atomic mass is 35.5. The van der Waals surface area contributed by atoms with Crippen LogP contribution in [0.4, 0.5) is 5.82 Å². The Morgan fingerprint density at radius 2 is 2.33 bits per heavy atom. The number of amides is 1. The zero-order valence-corrected chi connectivity index (χ0v) is 10.5. The van der Waals surface area contributed by atoms with E-state index in [2.05, 4.69) is 15.5 Å². The highest BCUT2D eigenvalue weighted by molar-refractivity contribution is 6.30. The molecule has 0 fully saturated rings. The van der Waals surface area contributed by atoms with Gasteiger partial charge in [-0.05, 0) is 30.7 Å². The normalized spacial score (nSPS) is 10.1. The first-order valence-corrected chi connectivity index (χ1v) is 5.71. The summed E-state index contributed by atoms with van der Waals surface area (Å²) in [6, 6.07) is 6.90. The predicted molar refractivity (Wildman–Crippen MR) is 68.9 cm³/mol. The van der Waals surface area contributed by atoms with Crippen LogP contribution in [0, 0.1) is 6.92 Å². The first-order chi connectivity index (χ1) is 8.65. The van der Waals surface area contributed by atoms with E-state index in [1.807, 2.05) is 6.92 Å². The molecule has 0 bridgehead atoms. The minimum atomic E-state index is -0.256. The highest BCUT2D eigenvalue weighted by Gasteiger charge is 2.06. The van der Waals surface area contributed by atoms with Gasteiger partial charge in [-0.25, -0.2) is 0 Å². The van der Waals surface area contributed by atoms with Crippen LogP contribution in [0.2, 0.25) is 5.02 Å². The molecule has 1 aromatic carbocycles. The summed E-state index contributed by atoms with van der Waals surface area (Å²) in [4.78, 5) is 11.6. The van der Waals surface area contributed by atoms with Gasteiger partial charge in [-0.2, -0.15) is 5.10 Å². The summed E-state index contributed by atoms with van der Waals surface area (Å²) in [6.45, 7) is 1.80. The predicted octanol–water partition coefficient (Wildman–Crippen LogP) is 2.39. The Balaban J connectivity index is 1.89. The number of benzene rings is 1. The number of ether oxygens (including phenoxy) is 1. The lowest BCUT2D eigenvalue weighted by atomic mass is 10.2. The summed E-state index contributed by atoms with van der Waals surface area (Å²) < 4.78 is 5.40. The van der Waals surface area contributed by atoms with Crippen molar-refractivity contribution in [2.45, 2.75) is 6.92 Å². The van der Waals surface area contributed by atoms with Gasteiger partial charge in [0.25, 0.3) is 5.91 Å². The minimum absolute atomic E-state index is 0.0680. The number of nitrogens with one attached hydrogen (secondary N) is 2. The number of halogens is 1. The number of H-pyrrole nitrogens is 1. The van der Waals surface area contributed by atoms with Crippen molar-refractivity contribution in [2.75, 3.05) is 11.9 Å². The van der Waals surface area contributed by atoms with E-state index < -0.39 is 0 Å². The van der Waals surface area contributed by atoms with Gasteiger partial charge in [0, 0.05) is 11.1 Å². The summed E-state index contributed by atoms with van der Waals surface area (Å²) in [5.41, 5.74) is 0.886. The van der Waals surface area contributed by atoms with Gasteiger partial charge in [0.1, 0.15) is 11.6 Å². The third kappa shape index (κ3) is 3.24. The standard InChI is InChI=1S/C12H12ClN3O2/c1-8-6-9(13)2-3-10(8)18-7-12(17)15-11-4-5-14-16-11/h2-6H,7H2,1H3,(H2,14,15,16,17). The molecule has 18 heavy (non-hydrogen) atoms. The number of aromatic nitrogens is 2. The molecule has 1 amide bonds. The first-order valence-electron chi connectivity index (χ1n) is 5.33. The molecular weight excluding hydrogens is 254 g/mol. The van der Waals surface area contributed by atoms with E-state index in [9.17, 15) is 4.79 Å². The average molecular weight is 266 g/mol. The second-order valence-electron chi connectivity index (χ2n) is 3.72. The Morgan fingerprint density at radius 3 is 3.00 bits per heavy atom. The second kappa shape index (κ2) is 5.55.